The molecule has 0 fully saturated rings. The fourth-order valence-corrected chi connectivity index (χ4v) is 1.53. The number of hydrogen-bond acceptors (Lipinski definition) is 4. The van der Waals surface area contributed by atoms with Crippen molar-refractivity contribution in [1.82, 2.24) is 14.8 Å². The van der Waals surface area contributed by atoms with Crippen LogP contribution in [0.2, 0.25) is 0 Å². The third-order valence-electron chi connectivity index (χ3n) is 1.73. The quantitative estimate of drug-likeness (QED) is 0.804. The fourth-order valence-electron chi connectivity index (χ4n) is 1.00. The topological polar surface area (TPSA) is 59.8 Å². The van der Waals surface area contributed by atoms with E-state index in [9.17, 15) is 4.79 Å². The van der Waals surface area contributed by atoms with Crippen molar-refractivity contribution in [1.29, 1.82) is 0 Å². The van der Waals surface area contributed by atoms with Gasteiger partial charge in [-0.25, -0.2) is 4.98 Å². The zero-order valence-electron chi connectivity index (χ0n) is 7.47. The monoisotopic (exact) mass is 208 g/mol. The highest BCUT2D eigenvalue weighted by atomic mass is 32.1. The number of nitrogens with zero attached hydrogens (tertiary/aromatic N) is 3. The number of carbonyl (C=O) groups is 1. The van der Waals surface area contributed by atoms with Gasteiger partial charge in [0, 0.05) is 18.5 Å². The first-order valence-electron chi connectivity index (χ1n) is 3.95. The van der Waals surface area contributed by atoms with E-state index < -0.39 is 0 Å². The van der Waals surface area contributed by atoms with Crippen molar-refractivity contribution in [3.8, 4) is 0 Å². The molecular weight excluding hydrogens is 200 g/mol. The van der Waals surface area contributed by atoms with Gasteiger partial charge in [-0.2, -0.15) is 5.10 Å². The average Bonchev–Trinajstić information content (AvgIpc) is 2.77. The van der Waals surface area contributed by atoms with Crippen LogP contribution >= 0.6 is 11.3 Å². The Bertz CT molecular complexity index is 434. The largest absolute Gasteiger partial charge is 0.305 e. The Balaban J connectivity index is 2.13. The van der Waals surface area contributed by atoms with Crippen molar-refractivity contribution in [2.24, 2.45) is 7.05 Å². The van der Waals surface area contributed by atoms with E-state index in [1.165, 1.54) is 11.3 Å². The molecule has 2 heterocycles. The summed E-state index contributed by atoms with van der Waals surface area (Å²) in [6.45, 7) is 0. The third-order valence-corrected chi connectivity index (χ3v) is 2.31. The number of nitrogens with one attached hydrogen (secondary N) is 1. The van der Waals surface area contributed by atoms with E-state index in [4.69, 9.17) is 0 Å². The molecule has 0 aromatic carbocycles. The van der Waals surface area contributed by atoms with Crippen LogP contribution in [-0.2, 0) is 7.05 Å². The van der Waals surface area contributed by atoms with E-state index in [-0.39, 0.29) is 5.91 Å². The van der Waals surface area contributed by atoms with Crippen LogP contribution in [0.25, 0.3) is 0 Å². The molecule has 2 rings (SSSR count). The predicted octanol–water partition coefficient (Wildman–Crippen LogP) is 1.13. The van der Waals surface area contributed by atoms with Gasteiger partial charge in [0.15, 0.2) is 0 Å². The van der Waals surface area contributed by atoms with Crippen LogP contribution in [0, 0.1) is 0 Å². The smallest absolute Gasteiger partial charge is 0.276 e. The van der Waals surface area contributed by atoms with Gasteiger partial charge in [0.05, 0.1) is 11.7 Å². The molecule has 0 saturated carbocycles. The van der Waals surface area contributed by atoms with Gasteiger partial charge in [0.25, 0.3) is 5.91 Å². The highest BCUT2D eigenvalue weighted by molar-refractivity contribution is 7.07. The summed E-state index contributed by atoms with van der Waals surface area (Å²) in [7, 11) is 1.76. The minimum atomic E-state index is -0.213. The Labute approximate surface area is 84.4 Å². The Morgan fingerprint density at radius 1 is 1.64 bits per heavy atom. The first-order chi connectivity index (χ1) is 6.77. The lowest BCUT2D eigenvalue weighted by molar-refractivity contribution is 0.102. The second-order valence-corrected chi connectivity index (χ2v) is 3.39. The molecule has 5 nitrogen and oxygen atoms in total. The lowest BCUT2D eigenvalue weighted by Gasteiger charge is -2.02. The van der Waals surface area contributed by atoms with Gasteiger partial charge in [0.1, 0.15) is 11.5 Å². The summed E-state index contributed by atoms with van der Waals surface area (Å²) < 4.78 is 1.59. The van der Waals surface area contributed by atoms with Crippen LogP contribution < -0.4 is 5.32 Å². The molecule has 14 heavy (non-hydrogen) atoms. The van der Waals surface area contributed by atoms with Crippen LogP contribution in [0.5, 0.6) is 0 Å². The van der Waals surface area contributed by atoms with Gasteiger partial charge in [-0.15, -0.1) is 11.3 Å². The number of anilines is 1. The standard InChI is InChI=1S/C8H8N4OS/c1-12-7(2-3-10-12)11-8(13)6-4-14-5-9-6/h2-5H,1H3,(H,11,13). The molecule has 72 valence electrons. The molecule has 0 unspecified atom stereocenters. The van der Waals surface area contributed by atoms with Gasteiger partial charge in [0.2, 0.25) is 0 Å². The zero-order valence-corrected chi connectivity index (χ0v) is 8.28. The van der Waals surface area contributed by atoms with Gasteiger partial charge >= 0.3 is 0 Å². The first kappa shape index (κ1) is 8.89. The number of amides is 1. The molecule has 0 spiro atoms. The molecule has 0 aliphatic heterocycles. The van der Waals surface area contributed by atoms with Crippen molar-refractivity contribution < 1.29 is 4.79 Å². The lowest BCUT2D eigenvalue weighted by Crippen LogP contribution is -2.14. The summed E-state index contributed by atoms with van der Waals surface area (Å²) >= 11 is 1.39. The average molecular weight is 208 g/mol. The van der Waals surface area contributed by atoms with E-state index in [0.29, 0.717) is 11.5 Å². The second kappa shape index (κ2) is 3.59. The molecule has 0 aliphatic rings. The molecule has 2 aromatic rings. The van der Waals surface area contributed by atoms with Gasteiger partial charge in [-0.05, 0) is 0 Å². The number of hydrogen-bond donors (Lipinski definition) is 1. The maximum Gasteiger partial charge on any atom is 0.276 e. The number of rotatable bonds is 2. The highest BCUT2D eigenvalue weighted by Crippen LogP contribution is 2.07. The summed E-state index contributed by atoms with van der Waals surface area (Å²) in [5, 5.41) is 8.33. The molecule has 0 aliphatic carbocycles. The fraction of sp³-hybridized carbons (Fsp3) is 0.125. The van der Waals surface area contributed by atoms with Crippen molar-refractivity contribution in [2.75, 3.05) is 5.32 Å². The molecule has 6 heteroatoms. The first-order valence-corrected chi connectivity index (χ1v) is 4.89. The van der Waals surface area contributed by atoms with E-state index in [1.807, 2.05) is 0 Å². The Morgan fingerprint density at radius 2 is 2.50 bits per heavy atom. The number of thiazole rings is 1. The van der Waals surface area contributed by atoms with Gasteiger partial charge in [-0.1, -0.05) is 0 Å². The number of carbonyl (C=O) groups excluding carboxylic acids is 1. The van der Waals surface area contributed by atoms with Crippen molar-refractivity contribution in [3.05, 3.63) is 28.8 Å². The van der Waals surface area contributed by atoms with Gasteiger partial charge < -0.3 is 5.32 Å². The van der Waals surface area contributed by atoms with Crippen molar-refractivity contribution >= 4 is 23.1 Å². The minimum absolute atomic E-state index is 0.213. The molecular formula is C8H8N4OS. The van der Waals surface area contributed by atoms with E-state index >= 15 is 0 Å². The molecule has 0 saturated heterocycles. The van der Waals surface area contributed by atoms with E-state index in [2.05, 4.69) is 15.4 Å². The summed E-state index contributed by atoms with van der Waals surface area (Å²) in [4.78, 5) is 15.4. The zero-order chi connectivity index (χ0) is 9.97. The van der Waals surface area contributed by atoms with Gasteiger partial charge in [-0.3, -0.25) is 9.48 Å². The Kier molecular flexibility index (Phi) is 2.28. The highest BCUT2D eigenvalue weighted by Gasteiger charge is 2.09. The summed E-state index contributed by atoms with van der Waals surface area (Å²) in [5.41, 5.74) is 2.05. The van der Waals surface area contributed by atoms with Crippen LogP contribution in [0.4, 0.5) is 5.82 Å². The predicted molar refractivity (Wildman–Crippen MR) is 53.3 cm³/mol. The summed E-state index contributed by atoms with van der Waals surface area (Å²) in [6, 6.07) is 1.73. The molecule has 1 amide bonds. The van der Waals surface area contributed by atoms with Crippen LogP contribution in [-0.4, -0.2) is 20.7 Å². The molecule has 2 aromatic heterocycles. The molecule has 0 atom stereocenters. The molecule has 0 bridgehead atoms. The molecule has 1 N–H and O–H groups in total. The van der Waals surface area contributed by atoms with Crippen LogP contribution in [0.15, 0.2) is 23.2 Å². The normalized spacial score (nSPS) is 10.1. The maximum absolute atomic E-state index is 11.5. The van der Waals surface area contributed by atoms with Crippen molar-refractivity contribution in [2.45, 2.75) is 0 Å². The SMILES string of the molecule is Cn1nccc1NC(=O)c1cscn1. The van der Waals surface area contributed by atoms with Crippen molar-refractivity contribution in [3.63, 3.8) is 0 Å². The lowest BCUT2D eigenvalue weighted by atomic mass is 10.4. The van der Waals surface area contributed by atoms with E-state index in [0.717, 1.165) is 0 Å². The summed E-state index contributed by atoms with van der Waals surface area (Å²) in [5.74, 6) is 0.442. The third kappa shape index (κ3) is 1.64. The maximum atomic E-state index is 11.5. The Morgan fingerprint density at radius 3 is 3.07 bits per heavy atom. The minimum Gasteiger partial charge on any atom is -0.305 e. The number of aryl methyl sites for hydroxylation is 1. The number of aromatic nitrogens is 3. The Hall–Kier alpha value is -1.69. The summed E-state index contributed by atoms with van der Waals surface area (Å²) in [6.07, 6.45) is 1.62. The molecule has 0 radical (unpaired) electrons. The van der Waals surface area contributed by atoms with E-state index in [1.54, 1.807) is 34.9 Å². The second-order valence-electron chi connectivity index (χ2n) is 2.67. The van der Waals surface area contributed by atoms with Crippen LogP contribution in [0.1, 0.15) is 10.5 Å². The van der Waals surface area contributed by atoms with Crippen LogP contribution in [0.3, 0.4) is 0 Å².